The van der Waals surface area contributed by atoms with Crippen LogP contribution in [0.4, 0.5) is 0 Å². The number of rotatable bonds is 4. The van der Waals surface area contributed by atoms with Crippen LogP contribution in [0.3, 0.4) is 0 Å². The van der Waals surface area contributed by atoms with Gasteiger partial charge in [-0.2, -0.15) is 0 Å². The van der Waals surface area contributed by atoms with Crippen molar-refractivity contribution in [1.82, 2.24) is 9.80 Å². The summed E-state index contributed by atoms with van der Waals surface area (Å²) in [6, 6.07) is 16.0. The van der Waals surface area contributed by atoms with Crippen LogP contribution >= 0.6 is 23.2 Å². The van der Waals surface area contributed by atoms with E-state index in [0.717, 1.165) is 29.8 Å². The van der Waals surface area contributed by atoms with Gasteiger partial charge in [0.1, 0.15) is 0 Å². The molecule has 0 aromatic heterocycles. The molecule has 0 aliphatic carbocycles. The first kappa shape index (κ1) is 17.0. The van der Waals surface area contributed by atoms with Crippen LogP contribution in [0.5, 0.6) is 0 Å². The molecule has 1 aliphatic heterocycles. The molecule has 22 heavy (non-hydrogen) atoms. The molecule has 116 valence electrons. The molecule has 0 N–H and O–H groups in total. The molecule has 1 heterocycles. The van der Waals surface area contributed by atoms with Gasteiger partial charge in [0.25, 0.3) is 0 Å². The molecule has 0 saturated carbocycles. The SMILES string of the molecule is Clc1ccc(CN2C=CN(Cc3ccc(Cl)cc3)C2)cc1.[Cl-]. The van der Waals surface area contributed by atoms with Crippen molar-refractivity contribution in [1.29, 1.82) is 0 Å². The van der Waals surface area contributed by atoms with Gasteiger partial charge in [0, 0.05) is 35.5 Å². The lowest BCUT2D eigenvalue weighted by atomic mass is 10.2. The zero-order valence-electron chi connectivity index (χ0n) is 11.9. The van der Waals surface area contributed by atoms with Gasteiger partial charge < -0.3 is 22.2 Å². The maximum absolute atomic E-state index is 5.91. The van der Waals surface area contributed by atoms with Crippen LogP contribution in [-0.2, 0) is 13.1 Å². The minimum atomic E-state index is 0. The van der Waals surface area contributed by atoms with Gasteiger partial charge in [0.2, 0.25) is 0 Å². The molecule has 0 unspecified atom stereocenters. The van der Waals surface area contributed by atoms with E-state index < -0.39 is 0 Å². The molecule has 0 amide bonds. The van der Waals surface area contributed by atoms with E-state index in [1.54, 1.807) is 0 Å². The molecule has 2 aromatic rings. The molecule has 0 fully saturated rings. The van der Waals surface area contributed by atoms with Crippen molar-refractivity contribution in [3.63, 3.8) is 0 Å². The lowest BCUT2D eigenvalue weighted by molar-refractivity contribution is -0.00000405. The Kier molecular flexibility index (Phi) is 6.01. The van der Waals surface area contributed by atoms with Gasteiger partial charge in [-0.3, -0.25) is 0 Å². The van der Waals surface area contributed by atoms with Crippen LogP contribution < -0.4 is 12.4 Å². The van der Waals surface area contributed by atoms with Crippen molar-refractivity contribution in [3.8, 4) is 0 Å². The third-order valence-electron chi connectivity index (χ3n) is 3.45. The summed E-state index contributed by atoms with van der Waals surface area (Å²) in [5.41, 5.74) is 2.52. The molecule has 2 aromatic carbocycles. The largest absolute Gasteiger partial charge is 1.00 e. The van der Waals surface area contributed by atoms with E-state index in [1.165, 1.54) is 11.1 Å². The van der Waals surface area contributed by atoms with Crippen LogP contribution in [0, 0.1) is 0 Å². The molecule has 1 aliphatic rings. The maximum Gasteiger partial charge on any atom is 0.0900 e. The fourth-order valence-corrected chi connectivity index (χ4v) is 2.62. The first-order valence-corrected chi connectivity index (χ1v) is 7.60. The summed E-state index contributed by atoms with van der Waals surface area (Å²) in [5, 5.41) is 1.56. The molecule has 5 heteroatoms. The second kappa shape index (κ2) is 7.77. The Balaban J connectivity index is 0.00000176. The number of hydrogen-bond acceptors (Lipinski definition) is 2. The van der Waals surface area contributed by atoms with E-state index >= 15 is 0 Å². The maximum atomic E-state index is 5.91. The summed E-state index contributed by atoms with van der Waals surface area (Å²) in [7, 11) is 0. The summed E-state index contributed by atoms with van der Waals surface area (Å²) in [6.07, 6.45) is 4.26. The van der Waals surface area contributed by atoms with Crippen LogP contribution in [0.25, 0.3) is 0 Å². The second-order valence-electron chi connectivity index (χ2n) is 5.19. The van der Waals surface area contributed by atoms with Crippen LogP contribution in [-0.4, -0.2) is 16.5 Å². The zero-order valence-corrected chi connectivity index (χ0v) is 14.2. The van der Waals surface area contributed by atoms with Gasteiger partial charge in [-0.05, 0) is 35.4 Å². The minimum Gasteiger partial charge on any atom is -1.00 e. The van der Waals surface area contributed by atoms with Crippen LogP contribution in [0.15, 0.2) is 60.9 Å². The average molecular weight is 355 g/mol. The van der Waals surface area contributed by atoms with E-state index in [1.807, 2.05) is 24.3 Å². The number of hydrogen-bond donors (Lipinski definition) is 0. The third kappa shape index (κ3) is 4.57. The summed E-state index contributed by atoms with van der Waals surface area (Å²) in [6.45, 7) is 2.68. The quantitative estimate of drug-likeness (QED) is 0.825. The van der Waals surface area contributed by atoms with Gasteiger partial charge in [-0.15, -0.1) is 0 Å². The highest BCUT2D eigenvalue weighted by Gasteiger charge is 2.12. The normalized spacial score (nSPS) is 13.4. The van der Waals surface area contributed by atoms with E-state index in [4.69, 9.17) is 23.2 Å². The molecule has 0 spiro atoms. The van der Waals surface area contributed by atoms with Gasteiger partial charge in [-0.25, -0.2) is 0 Å². The highest BCUT2D eigenvalue weighted by atomic mass is 35.5. The van der Waals surface area contributed by atoms with Crippen molar-refractivity contribution >= 4 is 23.2 Å². The van der Waals surface area contributed by atoms with Gasteiger partial charge in [-0.1, -0.05) is 47.5 Å². The lowest BCUT2D eigenvalue weighted by Gasteiger charge is -2.21. The topological polar surface area (TPSA) is 6.48 Å². The molecule has 2 nitrogen and oxygen atoms in total. The first-order valence-electron chi connectivity index (χ1n) is 6.84. The lowest BCUT2D eigenvalue weighted by Crippen LogP contribution is -3.00. The third-order valence-corrected chi connectivity index (χ3v) is 3.95. The first-order chi connectivity index (χ1) is 10.2. The summed E-state index contributed by atoms with van der Waals surface area (Å²) in [4.78, 5) is 4.55. The molecule has 0 bridgehead atoms. The molecule has 0 radical (unpaired) electrons. The summed E-state index contributed by atoms with van der Waals surface area (Å²) in [5.74, 6) is 0. The van der Waals surface area contributed by atoms with Gasteiger partial charge in [0.15, 0.2) is 0 Å². The Hall–Kier alpha value is -1.35. The molecular weight excluding hydrogens is 339 g/mol. The molecule has 0 saturated heterocycles. The van der Waals surface area contributed by atoms with E-state index in [0.29, 0.717) is 0 Å². The van der Waals surface area contributed by atoms with Crippen molar-refractivity contribution in [2.75, 3.05) is 6.67 Å². The molecular formula is C17H16Cl3N2-. The zero-order chi connectivity index (χ0) is 14.7. The Bertz CT molecular complexity index is 568. The standard InChI is InChI=1S/C17H16Cl2N2.ClH/c18-16-5-1-14(2-6-16)11-20-9-10-21(13-20)12-15-3-7-17(19)8-4-15;/h1-10H,11-13H2;1H/p-1. The number of nitrogens with zero attached hydrogens (tertiary/aromatic N) is 2. The summed E-state index contributed by atoms with van der Waals surface area (Å²) < 4.78 is 0. The highest BCUT2D eigenvalue weighted by Crippen LogP contribution is 2.17. The number of benzene rings is 2. The predicted octanol–water partition coefficient (Wildman–Crippen LogP) is 1.74. The monoisotopic (exact) mass is 353 g/mol. The van der Waals surface area contributed by atoms with Crippen molar-refractivity contribution in [3.05, 3.63) is 82.1 Å². The number of halogens is 3. The van der Waals surface area contributed by atoms with Crippen molar-refractivity contribution in [2.45, 2.75) is 13.1 Å². The highest BCUT2D eigenvalue weighted by molar-refractivity contribution is 6.30. The smallest absolute Gasteiger partial charge is 0.0900 e. The Labute approximate surface area is 147 Å². The van der Waals surface area contributed by atoms with E-state index in [9.17, 15) is 0 Å². The molecule has 0 atom stereocenters. The van der Waals surface area contributed by atoms with Crippen molar-refractivity contribution < 1.29 is 12.4 Å². The fraction of sp³-hybridized carbons (Fsp3) is 0.176. The average Bonchev–Trinajstić information content (AvgIpc) is 2.91. The van der Waals surface area contributed by atoms with Crippen molar-refractivity contribution in [2.24, 2.45) is 0 Å². The predicted molar refractivity (Wildman–Crippen MR) is 88.0 cm³/mol. The fourth-order valence-electron chi connectivity index (χ4n) is 2.37. The van der Waals surface area contributed by atoms with Crippen LogP contribution in [0.2, 0.25) is 10.0 Å². The Morgan fingerprint density at radius 1 is 0.682 bits per heavy atom. The minimum absolute atomic E-state index is 0. The molecule has 3 rings (SSSR count). The Morgan fingerprint density at radius 3 is 1.41 bits per heavy atom. The van der Waals surface area contributed by atoms with E-state index in [-0.39, 0.29) is 12.4 Å². The van der Waals surface area contributed by atoms with Gasteiger partial charge in [0.05, 0.1) is 6.67 Å². The van der Waals surface area contributed by atoms with Crippen LogP contribution in [0.1, 0.15) is 11.1 Å². The van der Waals surface area contributed by atoms with Gasteiger partial charge >= 0.3 is 0 Å². The Morgan fingerprint density at radius 2 is 1.05 bits per heavy atom. The van der Waals surface area contributed by atoms with E-state index in [2.05, 4.69) is 46.5 Å². The second-order valence-corrected chi connectivity index (χ2v) is 6.06. The summed E-state index contributed by atoms with van der Waals surface area (Å²) >= 11 is 11.8.